The molecule has 0 aliphatic carbocycles. The van der Waals surface area contributed by atoms with Crippen molar-refractivity contribution in [1.29, 1.82) is 0 Å². The van der Waals surface area contributed by atoms with Crippen molar-refractivity contribution in [3.05, 3.63) is 59.7 Å². The predicted octanol–water partition coefficient (Wildman–Crippen LogP) is 2.25. The summed E-state index contributed by atoms with van der Waals surface area (Å²) in [6.07, 6.45) is 0. The molecule has 2 aromatic rings. The van der Waals surface area contributed by atoms with Crippen LogP contribution in [0, 0.1) is 0 Å². The largest absolute Gasteiger partial charge is 0.508 e. The molecule has 0 atom stereocenters. The molecular weight excluding hydrogens is 240 g/mol. The number of nitrogens with zero attached hydrogens (tertiary/aromatic N) is 1. The number of nitrogen functional groups attached to an aromatic ring is 1. The summed E-state index contributed by atoms with van der Waals surface area (Å²) in [5, 5.41) is 9.20. The molecule has 0 aliphatic rings. The number of benzene rings is 2. The van der Waals surface area contributed by atoms with E-state index in [1.165, 1.54) is 12.1 Å². The molecule has 2 rings (SSSR count). The predicted molar refractivity (Wildman–Crippen MR) is 74.8 cm³/mol. The van der Waals surface area contributed by atoms with Crippen molar-refractivity contribution < 1.29 is 9.90 Å². The van der Waals surface area contributed by atoms with Crippen LogP contribution in [0.15, 0.2) is 48.5 Å². The number of aromatic hydroxyl groups is 1. The number of phenolic OH excluding ortho intramolecular Hbond substituents is 1. The van der Waals surface area contributed by atoms with E-state index in [1.54, 1.807) is 24.1 Å². The fourth-order valence-electron chi connectivity index (χ4n) is 1.86. The average molecular weight is 256 g/mol. The molecule has 0 unspecified atom stereocenters. The van der Waals surface area contributed by atoms with Gasteiger partial charge in [-0.05, 0) is 42.0 Å². The first-order valence-electron chi connectivity index (χ1n) is 5.95. The fourth-order valence-corrected chi connectivity index (χ4v) is 1.86. The number of phenols is 1. The highest BCUT2D eigenvalue weighted by Crippen LogP contribution is 2.14. The third-order valence-electron chi connectivity index (χ3n) is 2.83. The maximum atomic E-state index is 12.2. The van der Waals surface area contributed by atoms with E-state index in [4.69, 9.17) is 5.73 Å². The summed E-state index contributed by atoms with van der Waals surface area (Å²) < 4.78 is 0. The van der Waals surface area contributed by atoms with Gasteiger partial charge in [-0.2, -0.15) is 0 Å². The lowest BCUT2D eigenvalue weighted by molar-refractivity contribution is 0.0785. The van der Waals surface area contributed by atoms with Crippen molar-refractivity contribution in [2.75, 3.05) is 12.8 Å². The first-order chi connectivity index (χ1) is 9.06. The van der Waals surface area contributed by atoms with Crippen molar-refractivity contribution in [1.82, 2.24) is 4.90 Å². The Morgan fingerprint density at radius 2 is 1.89 bits per heavy atom. The molecule has 4 heteroatoms. The molecule has 0 aliphatic heterocycles. The zero-order valence-corrected chi connectivity index (χ0v) is 10.7. The number of carbonyl (C=O) groups excluding carboxylic acids is 1. The Hall–Kier alpha value is -2.49. The Morgan fingerprint density at radius 3 is 2.53 bits per heavy atom. The molecule has 19 heavy (non-hydrogen) atoms. The summed E-state index contributed by atoms with van der Waals surface area (Å²) in [5.74, 6) is 0.0532. The Kier molecular flexibility index (Phi) is 3.71. The van der Waals surface area contributed by atoms with Crippen LogP contribution in [0.3, 0.4) is 0 Å². The summed E-state index contributed by atoms with van der Waals surface area (Å²) in [5.41, 5.74) is 7.92. The number of anilines is 1. The summed E-state index contributed by atoms with van der Waals surface area (Å²) in [7, 11) is 1.73. The SMILES string of the molecule is CN(Cc1cccc(N)c1)C(=O)c1ccc(O)cc1. The topological polar surface area (TPSA) is 66.6 Å². The zero-order chi connectivity index (χ0) is 13.8. The summed E-state index contributed by atoms with van der Waals surface area (Å²) in [6.45, 7) is 0.491. The van der Waals surface area contributed by atoms with E-state index in [9.17, 15) is 9.90 Å². The molecule has 0 radical (unpaired) electrons. The lowest BCUT2D eigenvalue weighted by atomic mass is 10.1. The number of nitrogens with two attached hydrogens (primary N) is 1. The minimum atomic E-state index is -0.0950. The summed E-state index contributed by atoms with van der Waals surface area (Å²) >= 11 is 0. The van der Waals surface area contributed by atoms with Gasteiger partial charge in [-0.25, -0.2) is 0 Å². The van der Waals surface area contributed by atoms with Gasteiger partial charge in [0, 0.05) is 24.8 Å². The maximum Gasteiger partial charge on any atom is 0.253 e. The minimum Gasteiger partial charge on any atom is -0.508 e. The van der Waals surface area contributed by atoms with Crippen molar-refractivity contribution in [2.45, 2.75) is 6.54 Å². The van der Waals surface area contributed by atoms with Crippen molar-refractivity contribution in [3.63, 3.8) is 0 Å². The van der Waals surface area contributed by atoms with Gasteiger partial charge in [0.2, 0.25) is 0 Å². The quantitative estimate of drug-likeness (QED) is 0.828. The van der Waals surface area contributed by atoms with Crippen LogP contribution in [0.5, 0.6) is 5.75 Å². The molecule has 0 fully saturated rings. The molecule has 2 aromatic carbocycles. The molecule has 0 bridgehead atoms. The molecule has 0 aromatic heterocycles. The highest BCUT2D eigenvalue weighted by Gasteiger charge is 2.11. The highest BCUT2D eigenvalue weighted by atomic mass is 16.3. The smallest absolute Gasteiger partial charge is 0.253 e. The Balaban J connectivity index is 2.09. The molecule has 0 saturated heterocycles. The van der Waals surface area contributed by atoms with E-state index in [-0.39, 0.29) is 11.7 Å². The second-order valence-electron chi connectivity index (χ2n) is 4.45. The van der Waals surface area contributed by atoms with Crippen LogP contribution in [0.1, 0.15) is 15.9 Å². The van der Waals surface area contributed by atoms with E-state index in [1.807, 2.05) is 24.3 Å². The lowest BCUT2D eigenvalue weighted by Gasteiger charge is -2.17. The molecule has 0 saturated carbocycles. The van der Waals surface area contributed by atoms with Crippen LogP contribution >= 0.6 is 0 Å². The van der Waals surface area contributed by atoms with Gasteiger partial charge in [0.15, 0.2) is 0 Å². The standard InChI is InChI=1S/C15H16N2O2/c1-17(10-11-3-2-4-13(16)9-11)15(19)12-5-7-14(18)8-6-12/h2-9,18H,10,16H2,1H3. The second kappa shape index (κ2) is 5.44. The van der Waals surface area contributed by atoms with E-state index >= 15 is 0 Å². The minimum absolute atomic E-state index is 0.0950. The van der Waals surface area contributed by atoms with Gasteiger partial charge in [0.05, 0.1) is 0 Å². The molecular formula is C15H16N2O2. The Labute approximate surface area is 112 Å². The van der Waals surface area contributed by atoms with Crippen LogP contribution in [-0.2, 0) is 6.54 Å². The second-order valence-corrected chi connectivity index (χ2v) is 4.45. The number of carbonyl (C=O) groups is 1. The average Bonchev–Trinajstić information content (AvgIpc) is 2.39. The van der Waals surface area contributed by atoms with Crippen molar-refractivity contribution in [3.8, 4) is 5.75 Å². The Morgan fingerprint density at radius 1 is 1.21 bits per heavy atom. The van der Waals surface area contributed by atoms with Gasteiger partial charge in [-0.3, -0.25) is 4.79 Å². The van der Waals surface area contributed by atoms with E-state index in [0.29, 0.717) is 17.8 Å². The zero-order valence-electron chi connectivity index (χ0n) is 10.7. The van der Waals surface area contributed by atoms with Crippen molar-refractivity contribution >= 4 is 11.6 Å². The molecule has 1 amide bonds. The van der Waals surface area contributed by atoms with Crippen LogP contribution in [0.4, 0.5) is 5.69 Å². The maximum absolute atomic E-state index is 12.2. The number of rotatable bonds is 3. The normalized spacial score (nSPS) is 10.2. The number of hydrogen-bond donors (Lipinski definition) is 2. The van der Waals surface area contributed by atoms with Crippen LogP contribution in [0.25, 0.3) is 0 Å². The van der Waals surface area contributed by atoms with Gasteiger partial charge in [-0.1, -0.05) is 12.1 Å². The fraction of sp³-hybridized carbons (Fsp3) is 0.133. The molecule has 98 valence electrons. The highest BCUT2D eigenvalue weighted by molar-refractivity contribution is 5.94. The monoisotopic (exact) mass is 256 g/mol. The first kappa shape index (κ1) is 13.0. The van der Waals surface area contributed by atoms with E-state index < -0.39 is 0 Å². The molecule has 4 nitrogen and oxygen atoms in total. The molecule has 0 spiro atoms. The van der Waals surface area contributed by atoms with Gasteiger partial charge in [0.25, 0.3) is 5.91 Å². The van der Waals surface area contributed by atoms with Gasteiger partial charge in [-0.15, -0.1) is 0 Å². The van der Waals surface area contributed by atoms with Crippen LogP contribution < -0.4 is 5.73 Å². The van der Waals surface area contributed by atoms with Gasteiger partial charge < -0.3 is 15.7 Å². The van der Waals surface area contributed by atoms with Gasteiger partial charge >= 0.3 is 0 Å². The third kappa shape index (κ3) is 3.25. The number of amides is 1. The lowest BCUT2D eigenvalue weighted by Crippen LogP contribution is -2.26. The third-order valence-corrected chi connectivity index (χ3v) is 2.83. The molecule has 3 N–H and O–H groups in total. The number of hydrogen-bond acceptors (Lipinski definition) is 3. The summed E-state index contributed by atoms with van der Waals surface area (Å²) in [4.78, 5) is 13.8. The van der Waals surface area contributed by atoms with E-state index in [2.05, 4.69) is 0 Å². The molecule has 0 heterocycles. The first-order valence-corrected chi connectivity index (χ1v) is 5.95. The van der Waals surface area contributed by atoms with Crippen LogP contribution in [-0.4, -0.2) is 23.0 Å². The summed E-state index contributed by atoms with van der Waals surface area (Å²) in [6, 6.07) is 13.7. The van der Waals surface area contributed by atoms with Gasteiger partial charge in [0.1, 0.15) is 5.75 Å². The van der Waals surface area contributed by atoms with Crippen LogP contribution in [0.2, 0.25) is 0 Å². The Bertz CT molecular complexity index is 579. The van der Waals surface area contributed by atoms with Crippen molar-refractivity contribution in [2.24, 2.45) is 0 Å². The van der Waals surface area contributed by atoms with E-state index in [0.717, 1.165) is 5.56 Å².